The molecule has 2 aromatic rings. The Hall–Kier alpha value is -2.03. The summed E-state index contributed by atoms with van der Waals surface area (Å²) in [6.07, 6.45) is 0.955. The van der Waals surface area contributed by atoms with Gasteiger partial charge in [-0.2, -0.15) is 14.3 Å². The Labute approximate surface area is 92.4 Å². The molecule has 2 aromatic heterocycles. The Bertz CT molecular complexity index is 604. The quantitative estimate of drug-likeness (QED) is 0.406. The Kier molecular flexibility index (Phi) is 2.52. The van der Waals surface area contributed by atoms with Crippen LogP contribution >= 0.6 is 11.6 Å². The molecule has 0 spiro atoms. The van der Waals surface area contributed by atoms with Crippen LogP contribution in [0, 0.1) is 10.1 Å². The molecule has 0 unspecified atom stereocenters. The predicted octanol–water partition coefficient (Wildman–Crippen LogP) is -0.567. The Balaban J connectivity index is 2.69. The number of aromatic nitrogens is 5. The molecule has 0 aliphatic carbocycles. The number of fused-ring (bicyclic) bond motifs is 1. The topological polar surface area (TPSA) is 108 Å². The molecule has 0 atom stereocenters. The van der Waals surface area contributed by atoms with E-state index in [4.69, 9.17) is 11.6 Å². The van der Waals surface area contributed by atoms with Crippen LogP contribution in [0.4, 0.5) is 5.69 Å². The highest BCUT2D eigenvalue weighted by Crippen LogP contribution is 2.13. The van der Waals surface area contributed by atoms with Gasteiger partial charge in [0, 0.05) is 5.88 Å². The van der Waals surface area contributed by atoms with Crippen LogP contribution in [-0.4, -0.2) is 35.4 Å². The van der Waals surface area contributed by atoms with E-state index in [0.29, 0.717) is 0 Å². The first-order valence-corrected chi connectivity index (χ1v) is 4.70. The van der Waals surface area contributed by atoms with Crippen molar-refractivity contribution in [3.63, 3.8) is 0 Å². The molecule has 0 saturated heterocycles. The van der Waals surface area contributed by atoms with Crippen LogP contribution in [0.15, 0.2) is 11.0 Å². The molecule has 0 bridgehead atoms. The molecule has 0 amide bonds. The highest BCUT2D eigenvalue weighted by atomic mass is 35.5. The summed E-state index contributed by atoms with van der Waals surface area (Å²) in [5.74, 6) is 0.184. The van der Waals surface area contributed by atoms with Crippen molar-refractivity contribution in [1.29, 1.82) is 0 Å². The SMILES string of the molecule is O=c1n(CCCl)nnc2c([N+](=O)[O-])cnn12. The Morgan fingerprint density at radius 1 is 1.56 bits per heavy atom. The van der Waals surface area contributed by atoms with Gasteiger partial charge in [0.15, 0.2) is 0 Å². The summed E-state index contributed by atoms with van der Waals surface area (Å²) in [5, 5.41) is 21.2. The summed E-state index contributed by atoms with van der Waals surface area (Å²) in [7, 11) is 0. The minimum atomic E-state index is -0.678. The highest BCUT2D eigenvalue weighted by Gasteiger charge is 2.19. The molecule has 0 aromatic carbocycles. The van der Waals surface area contributed by atoms with E-state index in [9.17, 15) is 14.9 Å². The fourth-order valence-electron chi connectivity index (χ4n) is 1.16. The van der Waals surface area contributed by atoms with Crippen LogP contribution < -0.4 is 5.69 Å². The second kappa shape index (κ2) is 3.85. The van der Waals surface area contributed by atoms with Crippen molar-refractivity contribution >= 4 is 22.9 Å². The van der Waals surface area contributed by atoms with Gasteiger partial charge in [-0.05, 0) is 0 Å². The van der Waals surface area contributed by atoms with E-state index in [0.717, 1.165) is 15.4 Å². The van der Waals surface area contributed by atoms with Gasteiger partial charge < -0.3 is 0 Å². The van der Waals surface area contributed by atoms with Crippen molar-refractivity contribution in [1.82, 2.24) is 24.6 Å². The molecule has 0 fully saturated rings. The maximum absolute atomic E-state index is 11.6. The lowest BCUT2D eigenvalue weighted by Gasteiger charge is -1.98. The van der Waals surface area contributed by atoms with Gasteiger partial charge in [-0.3, -0.25) is 10.1 Å². The summed E-state index contributed by atoms with van der Waals surface area (Å²) >= 11 is 5.45. The van der Waals surface area contributed by atoms with Crippen molar-refractivity contribution in [2.75, 3.05) is 5.88 Å². The van der Waals surface area contributed by atoms with Crippen LogP contribution in [-0.2, 0) is 6.54 Å². The molecule has 2 rings (SSSR count). The second-order valence-electron chi connectivity index (χ2n) is 2.81. The molecule has 2 heterocycles. The van der Waals surface area contributed by atoms with Gasteiger partial charge in [-0.1, -0.05) is 5.21 Å². The van der Waals surface area contributed by atoms with Gasteiger partial charge in [0.05, 0.1) is 11.5 Å². The molecule has 0 radical (unpaired) electrons. The average molecular weight is 245 g/mol. The van der Waals surface area contributed by atoms with Crippen LogP contribution in [0.5, 0.6) is 0 Å². The van der Waals surface area contributed by atoms with Crippen molar-refractivity contribution in [3.05, 3.63) is 26.8 Å². The molecule has 9 nitrogen and oxygen atoms in total. The first-order valence-electron chi connectivity index (χ1n) is 4.17. The van der Waals surface area contributed by atoms with E-state index in [-0.39, 0.29) is 23.8 Å². The van der Waals surface area contributed by atoms with E-state index in [1.54, 1.807) is 0 Å². The van der Waals surface area contributed by atoms with Crippen LogP contribution in [0.25, 0.3) is 5.65 Å². The van der Waals surface area contributed by atoms with Gasteiger partial charge in [0.2, 0.25) is 0 Å². The molecule has 0 N–H and O–H groups in total. The Morgan fingerprint density at radius 2 is 2.31 bits per heavy atom. The van der Waals surface area contributed by atoms with Crippen LogP contribution in [0.3, 0.4) is 0 Å². The fourth-order valence-corrected chi connectivity index (χ4v) is 1.32. The first-order chi connectivity index (χ1) is 7.65. The first kappa shape index (κ1) is 10.5. The Morgan fingerprint density at radius 3 is 2.94 bits per heavy atom. The molecule has 10 heteroatoms. The van der Waals surface area contributed by atoms with Crippen molar-refractivity contribution in [3.8, 4) is 0 Å². The monoisotopic (exact) mass is 244 g/mol. The third-order valence-corrected chi connectivity index (χ3v) is 2.04. The number of hydrogen-bond donors (Lipinski definition) is 0. The van der Waals surface area contributed by atoms with Gasteiger partial charge in [0.1, 0.15) is 6.20 Å². The molecular weight excluding hydrogens is 240 g/mol. The minimum absolute atomic E-state index is 0.164. The number of rotatable bonds is 3. The highest BCUT2D eigenvalue weighted by molar-refractivity contribution is 6.17. The molecule has 0 aliphatic heterocycles. The summed E-state index contributed by atoms with van der Waals surface area (Å²) < 4.78 is 1.80. The maximum atomic E-state index is 11.6. The number of alkyl halides is 1. The van der Waals surface area contributed by atoms with Gasteiger partial charge in [0.25, 0.3) is 5.65 Å². The summed E-state index contributed by atoms with van der Waals surface area (Å²) in [6, 6.07) is 0. The number of nitro groups is 1. The lowest BCUT2D eigenvalue weighted by Crippen LogP contribution is -2.31. The third-order valence-electron chi connectivity index (χ3n) is 1.87. The van der Waals surface area contributed by atoms with Gasteiger partial charge in [-0.25, -0.2) is 4.79 Å². The smallest absolute Gasteiger partial charge is 0.258 e. The zero-order valence-corrected chi connectivity index (χ0v) is 8.53. The van der Waals surface area contributed by atoms with E-state index in [1.807, 2.05) is 0 Å². The zero-order chi connectivity index (χ0) is 11.7. The lowest BCUT2D eigenvalue weighted by molar-refractivity contribution is -0.383. The summed E-state index contributed by atoms with van der Waals surface area (Å²) in [5.41, 5.74) is -1.15. The van der Waals surface area contributed by atoms with Crippen molar-refractivity contribution in [2.24, 2.45) is 0 Å². The number of hydrogen-bond acceptors (Lipinski definition) is 6. The van der Waals surface area contributed by atoms with Crippen LogP contribution in [0.2, 0.25) is 0 Å². The van der Waals surface area contributed by atoms with E-state index in [1.165, 1.54) is 0 Å². The molecular formula is C6H5ClN6O3. The predicted molar refractivity (Wildman–Crippen MR) is 52.4 cm³/mol. The number of aryl methyl sites for hydroxylation is 1. The second-order valence-corrected chi connectivity index (χ2v) is 3.18. The standard InChI is InChI=1S/C6H5ClN6O3/c7-1-2-11-6(14)12-5(9-10-11)4(3-8-12)13(15)16/h3H,1-2H2. The molecule has 84 valence electrons. The largest absolute Gasteiger partial charge is 0.368 e. The van der Waals surface area contributed by atoms with Crippen molar-refractivity contribution in [2.45, 2.75) is 6.54 Å². The maximum Gasteiger partial charge on any atom is 0.368 e. The third kappa shape index (κ3) is 1.50. The minimum Gasteiger partial charge on any atom is -0.258 e. The average Bonchev–Trinajstić information content (AvgIpc) is 2.67. The zero-order valence-electron chi connectivity index (χ0n) is 7.78. The molecule has 16 heavy (non-hydrogen) atoms. The number of halogens is 1. The molecule has 0 saturated carbocycles. The van der Waals surface area contributed by atoms with E-state index >= 15 is 0 Å². The normalized spacial score (nSPS) is 10.8. The van der Waals surface area contributed by atoms with E-state index in [2.05, 4.69) is 15.4 Å². The van der Waals surface area contributed by atoms with Crippen molar-refractivity contribution < 1.29 is 4.92 Å². The van der Waals surface area contributed by atoms with E-state index < -0.39 is 10.6 Å². The summed E-state index contributed by atoms with van der Waals surface area (Å²) in [4.78, 5) is 21.5. The number of nitrogens with zero attached hydrogens (tertiary/aromatic N) is 6. The fraction of sp³-hybridized carbons (Fsp3) is 0.333. The van der Waals surface area contributed by atoms with Crippen LogP contribution in [0.1, 0.15) is 0 Å². The van der Waals surface area contributed by atoms with Gasteiger partial charge >= 0.3 is 11.4 Å². The molecule has 0 aliphatic rings. The lowest BCUT2D eigenvalue weighted by atomic mass is 10.6. The summed E-state index contributed by atoms with van der Waals surface area (Å²) in [6.45, 7) is 0.164. The van der Waals surface area contributed by atoms with Gasteiger partial charge in [-0.15, -0.1) is 16.7 Å².